The average Bonchev–Trinajstić information content (AvgIpc) is 2.59. The number of rotatable bonds is 11. The molecule has 1 aromatic rings. The van der Waals surface area contributed by atoms with Crippen molar-refractivity contribution >= 4 is 12.1 Å². The van der Waals surface area contributed by atoms with Gasteiger partial charge < -0.3 is 18.9 Å². The molecule has 1 atom stereocenters. The molecule has 128 valence electrons. The number of carbonyl (C=O) groups excluding carboxylic acids is 2. The van der Waals surface area contributed by atoms with E-state index in [1.54, 1.807) is 28.3 Å². The van der Waals surface area contributed by atoms with E-state index >= 15 is 0 Å². The smallest absolute Gasteiger partial charge is 0.223 e. The number of carbonyl (C=O) groups is 2. The Morgan fingerprint density at radius 3 is 2.17 bits per heavy atom. The van der Waals surface area contributed by atoms with E-state index in [1.165, 1.54) is 0 Å². The number of aldehydes is 1. The molecule has 1 aromatic carbocycles. The predicted octanol–water partition coefficient (Wildman–Crippen LogP) is 2.21. The zero-order valence-corrected chi connectivity index (χ0v) is 14.1. The summed E-state index contributed by atoms with van der Waals surface area (Å²) in [5, 5.41) is 0. The Kier molecular flexibility index (Phi) is 8.11. The van der Waals surface area contributed by atoms with E-state index < -0.39 is 11.9 Å². The van der Waals surface area contributed by atoms with Gasteiger partial charge in [0.25, 0.3) is 0 Å². The molecule has 0 N–H and O–H groups in total. The number of methoxy groups -OCH3 is 3. The Hall–Kier alpha value is -2.08. The van der Waals surface area contributed by atoms with Gasteiger partial charge in [-0.15, -0.1) is 0 Å². The summed E-state index contributed by atoms with van der Waals surface area (Å²) in [4.78, 5) is 22.1. The molecule has 6 nitrogen and oxygen atoms in total. The average molecular weight is 324 g/mol. The summed E-state index contributed by atoms with van der Waals surface area (Å²) in [5.74, 6) is 1.21. The maximum absolute atomic E-state index is 11.5. The molecule has 6 heteroatoms. The Morgan fingerprint density at radius 2 is 1.74 bits per heavy atom. The number of ether oxygens (including phenoxy) is 4. The first-order valence-electron chi connectivity index (χ1n) is 7.50. The van der Waals surface area contributed by atoms with Crippen LogP contribution in [0.2, 0.25) is 0 Å². The number of hydrogen-bond donors (Lipinski definition) is 0. The van der Waals surface area contributed by atoms with Crippen molar-refractivity contribution in [2.75, 3.05) is 27.9 Å². The highest BCUT2D eigenvalue weighted by Crippen LogP contribution is 2.38. The molecule has 23 heavy (non-hydrogen) atoms. The number of Topliss-reactive ketones (excluding diaryl/α,β-unsaturated/α-hetero) is 1. The lowest BCUT2D eigenvalue weighted by molar-refractivity contribution is -0.138. The fourth-order valence-electron chi connectivity index (χ4n) is 2.36. The number of benzene rings is 1. The van der Waals surface area contributed by atoms with Crippen molar-refractivity contribution in [3.05, 3.63) is 17.7 Å². The van der Waals surface area contributed by atoms with Gasteiger partial charge in [-0.3, -0.25) is 9.59 Å². The maximum atomic E-state index is 11.5. The fourth-order valence-corrected chi connectivity index (χ4v) is 2.36. The van der Waals surface area contributed by atoms with Gasteiger partial charge >= 0.3 is 0 Å². The van der Waals surface area contributed by atoms with Crippen LogP contribution in [0.15, 0.2) is 12.1 Å². The van der Waals surface area contributed by atoms with E-state index in [4.69, 9.17) is 18.9 Å². The highest BCUT2D eigenvalue weighted by Gasteiger charge is 2.18. The van der Waals surface area contributed by atoms with Gasteiger partial charge in [0.2, 0.25) is 11.5 Å². The van der Waals surface area contributed by atoms with Crippen LogP contribution in [0.1, 0.15) is 25.3 Å². The summed E-state index contributed by atoms with van der Waals surface area (Å²) in [5.41, 5.74) is 0.994. The summed E-state index contributed by atoms with van der Waals surface area (Å²) in [6.45, 7) is 2.19. The van der Waals surface area contributed by atoms with E-state index in [0.29, 0.717) is 49.4 Å². The Balaban J connectivity index is 2.77. The first-order valence-corrected chi connectivity index (χ1v) is 7.50. The zero-order chi connectivity index (χ0) is 17.2. The van der Waals surface area contributed by atoms with Crippen molar-refractivity contribution in [1.82, 2.24) is 0 Å². The normalized spacial score (nSPS) is 11.7. The molecule has 0 radical (unpaired) electrons. The van der Waals surface area contributed by atoms with Gasteiger partial charge in [0.1, 0.15) is 6.10 Å². The van der Waals surface area contributed by atoms with Crippen molar-refractivity contribution in [3.63, 3.8) is 0 Å². The molecule has 1 unspecified atom stereocenters. The third-order valence-corrected chi connectivity index (χ3v) is 3.46. The van der Waals surface area contributed by atoms with Crippen LogP contribution in [0, 0.1) is 0 Å². The van der Waals surface area contributed by atoms with Crippen LogP contribution < -0.4 is 14.2 Å². The molecular formula is C17H24O6. The zero-order valence-electron chi connectivity index (χ0n) is 14.1. The van der Waals surface area contributed by atoms with Crippen LogP contribution in [-0.2, 0) is 20.7 Å². The largest absolute Gasteiger partial charge is 0.493 e. The molecule has 0 bridgehead atoms. The van der Waals surface area contributed by atoms with Crippen molar-refractivity contribution in [2.45, 2.75) is 32.3 Å². The molecule has 0 heterocycles. The molecule has 0 fully saturated rings. The van der Waals surface area contributed by atoms with Gasteiger partial charge in [-0.25, -0.2) is 0 Å². The predicted molar refractivity (Wildman–Crippen MR) is 85.5 cm³/mol. The molecular weight excluding hydrogens is 300 g/mol. The van der Waals surface area contributed by atoms with E-state index in [2.05, 4.69) is 0 Å². The van der Waals surface area contributed by atoms with E-state index in [0.717, 1.165) is 5.56 Å². The summed E-state index contributed by atoms with van der Waals surface area (Å²) in [6, 6.07) is 3.75. The van der Waals surface area contributed by atoms with Gasteiger partial charge in [-0.1, -0.05) is 0 Å². The lowest BCUT2D eigenvalue weighted by Gasteiger charge is -2.15. The molecule has 0 aromatic heterocycles. The number of hydrogen-bond acceptors (Lipinski definition) is 6. The Bertz CT molecular complexity index is 501. The third-order valence-electron chi connectivity index (χ3n) is 3.46. The molecule has 0 saturated carbocycles. The number of aryl methyl sites for hydroxylation is 1. The minimum atomic E-state index is -0.667. The minimum Gasteiger partial charge on any atom is -0.493 e. The van der Waals surface area contributed by atoms with Crippen LogP contribution >= 0.6 is 0 Å². The van der Waals surface area contributed by atoms with Crippen LogP contribution in [0.4, 0.5) is 0 Å². The second kappa shape index (κ2) is 9.84. The third kappa shape index (κ3) is 5.25. The lowest BCUT2D eigenvalue weighted by Crippen LogP contribution is -2.25. The maximum Gasteiger partial charge on any atom is 0.223 e. The summed E-state index contributed by atoms with van der Waals surface area (Å²) < 4.78 is 21.2. The van der Waals surface area contributed by atoms with Gasteiger partial charge in [0.15, 0.2) is 17.8 Å². The Labute approximate surface area is 136 Å². The SMILES string of the molecule is CCOC(CCCc1cc(OC)c(OC)c(OC)c1)C(=O)C=O. The highest BCUT2D eigenvalue weighted by molar-refractivity contribution is 6.27. The van der Waals surface area contributed by atoms with Crippen molar-refractivity contribution < 1.29 is 28.5 Å². The second-order valence-corrected chi connectivity index (χ2v) is 4.89. The summed E-state index contributed by atoms with van der Waals surface area (Å²) in [7, 11) is 4.68. The quantitative estimate of drug-likeness (QED) is 0.459. The summed E-state index contributed by atoms with van der Waals surface area (Å²) in [6.07, 6.45) is 1.54. The van der Waals surface area contributed by atoms with Crippen LogP contribution in [0.5, 0.6) is 17.2 Å². The van der Waals surface area contributed by atoms with Gasteiger partial charge in [0.05, 0.1) is 21.3 Å². The second-order valence-electron chi connectivity index (χ2n) is 4.89. The molecule has 0 amide bonds. The standard InChI is InChI=1S/C17H24O6/c1-5-23-14(13(19)11-18)8-6-7-12-9-15(20-2)17(22-4)16(10-12)21-3/h9-11,14H,5-8H2,1-4H3. The molecule has 0 saturated heterocycles. The molecule has 1 rings (SSSR count). The van der Waals surface area contributed by atoms with Crippen LogP contribution in [0.25, 0.3) is 0 Å². The fraction of sp³-hybridized carbons (Fsp3) is 0.529. The van der Waals surface area contributed by atoms with Crippen LogP contribution in [0.3, 0.4) is 0 Å². The minimum absolute atomic E-state index is 0.319. The highest BCUT2D eigenvalue weighted by atomic mass is 16.5. The van der Waals surface area contributed by atoms with Crippen molar-refractivity contribution in [1.29, 1.82) is 0 Å². The van der Waals surface area contributed by atoms with E-state index in [-0.39, 0.29) is 0 Å². The first-order chi connectivity index (χ1) is 11.1. The molecule has 0 aliphatic heterocycles. The Morgan fingerprint density at radius 1 is 1.13 bits per heavy atom. The number of ketones is 1. The van der Waals surface area contributed by atoms with Gasteiger partial charge in [-0.05, 0) is 43.9 Å². The van der Waals surface area contributed by atoms with E-state index in [9.17, 15) is 9.59 Å². The topological polar surface area (TPSA) is 71.1 Å². The van der Waals surface area contributed by atoms with Crippen molar-refractivity contribution in [2.24, 2.45) is 0 Å². The monoisotopic (exact) mass is 324 g/mol. The summed E-state index contributed by atoms with van der Waals surface area (Å²) >= 11 is 0. The first kappa shape index (κ1) is 19.0. The van der Waals surface area contributed by atoms with Crippen LogP contribution in [-0.4, -0.2) is 46.1 Å². The van der Waals surface area contributed by atoms with Gasteiger partial charge in [-0.2, -0.15) is 0 Å². The van der Waals surface area contributed by atoms with E-state index in [1.807, 2.05) is 12.1 Å². The van der Waals surface area contributed by atoms with Gasteiger partial charge in [0, 0.05) is 6.61 Å². The molecule has 0 aliphatic carbocycles. The molecule has 0 spiro atoms. The lowest BCUT2D eigenvalue weighted by atomic mass is 10.0. The molecule has 0 aliphatic rings. The van der Waals surface area contributed by atoms with Crippen molar-refractivity contribution in [3.8, 4) is 17.2 Å².